The molecule has 1 fully saturated rings. The van der Waals surface area contributed by atoms with Crippen LogP contribution in [0.3, 0.4) is 0 Å². The van der Waals surface area contributed by atoms with Crippen LogP contribution in [0.25, 0.3) is 5.95 Å². The van der Waals surface area contributed by atoms with E-state index in [2.05, 4.69) is 32.2 Å². The highest BCUT2D eigenvalue weighted by atomic mass is 35.5. The van der Waals surface area contributed by atoms with Crippen LogP contribution in [0.4, 0.5) is 5.95 Å². The molecule has 19 heavy (non-hydrogen) atoms. The van der Waals surface area contributed by atoms with E-state index in [4.69, 9.17) is 11.6 Å². The second-order valence-corrected chi connectivity index (χ2v) is 5.30. The molecule has 0 spiro atoms. The second-order valence-electron chi connectivity index (χ2n) is 4.96. The van der Waals surface area contributed by atoms with Crippen LogP contribution in [0.2, 0.25) is 5.28 Å². The first kappa shape index (κ1) is 12.3. The molecular formula is C12H15ClN6. The highest BCUT2D eigenvalue weighted by molar-refractivity contribution is 6.28. The van der Waals surface area contributed by atoms with Crippen molar-refractivity contribution in [1.29, 1.82) is 0 Å². The van der Waals surface area contributed by atoms with E-state index in [-0.39, 0.29) is 5.28 Å². The van der Waals surface area contributed by atoms with Crippen LogP contribution in [0.5, 0.6) is 0 Å². The van der Waals surface area contributed by atoms with Gasteiger partial charge in [-0.15, -0.1) is 0 Å². The topological polar surface area (TPSA) is 68.5 Å². The van der Waals surface area contributed by atoms with Crippen molar-refractivity contribution >= 4 is 17.5 Å². The third-order valence-corrected chi connectivity index (χ3v) is 3.53. The maximum absolute atomic E-state index is 5.95. The molecule has 2 atom stereocenters. The Morgan fingerprint density at radius 3 is 2.89 bits per heavy atom. The third-order valence-electron chi connectivity index (χ3n) is 3.36. The lowest BCUT2D eigenvalue weighted by atomic mass is 10.1. The van der Waals surface area contributed by atoms with E-state index in [0.717, 1.165) is 18.8 Å². The minimum absolute atomic E-state index is 0.187. The first-order valence-electron chi connectivity index (χ1n) is 6.37. The van der Waals surface area contributed by atoms with Gasteiger partial charge in [-0.3, -0.25) is 4.57 Å². The fourth-order valence-corrected chi connectivity index (χ4v) is 2.57. The molecule has 0 amide bonds. The Morgan fingerprint density at radius 2 is 2.21 bits per heavy atom. The molecule has 1 aliphatic carbocycles. The highest BCUT2D eigenvalue weighted by Gasteiger charge is 2.22. The Hall–Kier alpha value is -1.69. The zero-order chi connectivity index (χ0) is 13.2. The summed E-state index contributed by atoms with van der Waals surface area (Å²) >= 11 is 5.95. The van der Waals surface area contributed by atoms with E-state index in [0.29, 0.717) is 17.9 Å². The van der Waals surface area contributed by atoms with Crippen molar-refractivity contribution in [3.05, 3.63) is 24.0 Å². The van der Waals surface area contributed by atoms with Gasteiger partial charge >= 0.3 is 0 Å². The van der Waals surface area contributed by atoms with Gasteiger partial charge in [-0.2, -0.15) is 15.0 Å². The number of hydrogen-bond donors (Lipinski definition) is 1. The molecule has 3 rings (SSSR count). The van der Waals surface area contributed by atoms with E-state index in [1.54, 1.807) is 23.3 Å². The summed E-state index contributed by atoms with van der Waals surface area (Å²) in [5, 5.41) is 3.52. The smallest absolute Gasteiger partial charge is 0.241 e. The van der Waals surface area contributed by atoms with E-state index in [1.807, 2.05) is 0 Å². The van der Waals surface area contributed by atoms with Crippen LogP contribution in [0.1, 0.15) is 26.2 Å². The maximum atomic E-state index is 5.95. The molecule has 6 nitrogen and oxygen atoms in total. The zero-order valence-corrected chi connectivity index (χ0v) is 11.4. The molecule has 1 saturated carbocycles. The summed E-state index contributed by atoms with van der Waals surface area (Å²) in [4.78, 5) is 16.6. The van der Waals surface area contributed by atoms with E-state index >= 15 is 0 Å². The van der Waals surface area contributed by atoms with Crippen LogP contribution in [0.15, 0.2) is 18.7 Å². The second kappa shape index (κ2) is 5.13. The van der Waals surface area contributed by atoms with Crippen LogP contribution in [0, 0.1) is 5.92 Å². The number of nitrogens with one attached hydrogen (secondary N) is 1. The monoisotopic (exact) mass is 278 g/mol. The zero-order valence-electron chi connectivity index (χ0n) is 10.6. The summed E-state index contributed by atoms with van der Waals surface area (Å²) in [6.45, 7) is 2.26. The van der Waals surface area contributed by atoms with Crippen molar-refractivity contribution in [3.63, 3.8) is 0 Å². The quantitative estimate of drug-likeness (QED) is 0.933. The Morgan fingerprint density at radius 1 is 1.32 bits per heavy atom. The van der Waals surface area contributed by atoms with Gasteiger partial charge in [0.2, 0.25) is 17.2 Å². The van der Waals surface area contributed by atoms with Crippen LogP contribution >= 0.6 is 11.6 Å². The molecule has 100 valence electrons. The molecule has 0 aliphatic heterocycles. The number of imidazole rings is 1. The van der Waals surface area contributed by atoms with Crippen LogP contribution in [-0.2, 0) is 0 Å². The van der Waals surface area contributed by atoms with Crippen molar-refractivity contribution in [2.75, 3.05) is 5.32 Å². The maximum Gasteiger partial charge on any atom is 0.241 e. The highest BCUT2D eigenvalue weighted by Crippen LogP contribution is 2.26. The van der Waals surface area contributed by atoms with Gasteiger partial charge in [0.15, 0.2) is 0 Å². The number of aromatic nitrogens is 5. The third kappa shape index (κ3) is 2.84. The van der Waals surface area contributed by atoms with Crippen molar-refractivity contribution in [1.82, 2.24) is 24.5 Å². The van der Waals surface area contributed by atoms with Gasteiger partial charge < -0.3 is 5.32 Å². The molecule has 0 aromatic carbocycles. The largest absolute Gasteiger partial charge is 0.351 e. The summed E-state index contributed by atoms with van der Waals surface area (Å²) in [5.74, 6) is 1.76. The lowest BCUT2D eigenvalue weighted by molar-refractivity contribution is 0.601. The van der Waals surface area contributed by atoms with E-state index in [9.17, 15) is 0 Å². The summed E-state index contributed by atoms with van der Waals surface area (Å²) in [5.41, 5.74) is 0. The standard InChI is InChI=1S/C12H15ClN6/c1-8-2-3-9(6-8)15-11-16-10(13)17-12(18-11)19-5-4-14-7-19/h4-5,7-9H,2-3,6H2,1H3,(H,15,16,17,18). The van der Waals surface area contributed by atoms with Crippen molar-refractivity contribution < 1.29 is 0 Å². The number of nitrogens with zero attached hydrogens (tertiary/aromatic N) is 5. The fraction of sp³-hybridized carbons (Fsp3) is 0.500. The summed E-state index contributed by atoms with van der Waals surface area (Å²) in [6, 6.07) is 0.420. The van der Waals surface area contributed by atoms with Crippen molar-refractivity contribution in [2.24, 2.45) is 5.92 Å². The van der Waals surface area contributed by atoms with Gasteiger partial charge in [-0.25, -0.2) is 4.98 Å². The first-order chi connectivity index (χ1) is 9.20. The molecule has 2 aromatic rings. The minimum atomic E-state index is 0.187. The predicted octanol–water partition coefficient (Wildman–Crippen LogP) is 2.31. The van der Waals surface area contributed by atoms with Gasteiger partial charge in [0, 0.05) is 18.4 Å². The van der Waals surface area contributed by atoms with E-state index < -0.39 is 0 Å². The lowest BCUT2D eigenvalue weighted by Crippen LogP contribution is -2.18. The molecule has 0 saturated heterocycles. The van der Waals surface area contributed by atoms with E-state index in [1.165, 1.54) is 6.42 Å². The number of rotatable bonds is 3. The molecule has 1 N–H and O–H groups in total. The lowest BCUT2D eigenvalue weighted by Gasteiger charge is -2.12. The predicted molar refractivity (Wildman–Crippen MR) is 72.4 cm³/mol. The molecule has 2 aromatic heterocycles. The van der Waals surface area contributed by atoms with Crippen LogP contribution < -0.4 is 5.32 Å². The molecule has 1 aliphatic rings. The van der Waals surface area contributed by atoms with Crippen molar-refractivity contribution in [3.8, 4) is 5.95 Å². The van der Waals surface area contributed by atoms with Gasteiger partial charge in [0.05, 0.1) is 0 Å². The molecule has 0 bridgehead atoms. The number of halogens is 1. The van der Waals surface area contributed by atoms with Crippen LogP contribution in [-0.4, -0.2) is 30.5 Å². The Bertz CT molecular complexity index is 555. The van der Waals surface area contributed by atoms with Gasteiger partial charge in [-0.1, -0.05) is 6.92 Å². The average molecular weight is 279 g/mol. The molecule has 0 radical (unpaired) electrons. The SMILES string of the molecule is CC1CCC(Nc2nc(Cl)nc(-n3ccnc3)n2)C1. The molecule has 7 heteroatoms. The van der Waals surface area contributed by atoms with Gasteiger partial charge in [-0.05, 0) is 36.8 Å². The van der Waals surface area contributed by atoms with Gasteiger partial charge in [0.1, 0.15) is 6.33 Å². The Labute approximate surface area is 116 Å². The summed E-state index contributed by atoms with van der Waals surface area (Å²) < 4.78 is 1.70. The summed E-state index contributed by atoms with van der Waals surface area (Å²) in [6.07, 6.45) is 8.60. The van der Waals surface area contributed by atoms with Gasteiger partial charge in [0.25, 0.3) is 0 Å². The fourth-order valence-electron chi connectivity index (χ4n) is 2.42. The molecule has 2 unspecified atom stereocenters. The molecular weight excluding hydrogens is 264 g/mol. The average Bonchev–Trinajstić information content (AvgIpc) is 3.00. The number of anilines is 1. The Kier molecular flexibility index (Phi) is 3.33. The normalized spacial score (nSPS) is 22.6. The summed E-state index contributed by atoms with van der Waals surface area (Å²) in [7, 11) is 0. The number of hydrogen-bond acceptors (Lipinski definition) is 5. The minimum Gasteiger partial charge on any atom is -0.351 e. The van der Waals surface area contributed by atoms with Crippen molar-refractivity contribution in [2.45, 2.75) is 32.2 Å². The Balaban J connectivity index is 1.82. The molecule has 2 heterocycles. The first-order valence-corrected chi connectivity index (χ1v) is 6.75.